The van der Waals surface area contributed by atoms with Gasteiger partial charge in [-0.25, -0.2) is 4.98 Å². The number of aryl methyl sites for hydroxylation is 1. The number of hydrogen-bond acceptors (Lipinski definition) is 3. The van der Waals surface area contributed by atoms with E-state index in [2.05, 4.69) is 52.9 Å². The molecule has 0 bridgehead atoms. The minimum atomic E-state index is 0.358. The molecule has 1 aliphatic rings. The van der Waals surface area contributed by atoms with Crippen LogP contribution in [-0.4, -0.2) is 20.8 Å². The van der Waals surface area contributed by atoms with Crippen LogP contribution in [0.2, 0.25) is 10.0 Å². The van der Waals surface area contributed by atoms with Gasteiger partial charge in [0.05, 0.1) is 17.3 Å². The summed E-state index contributed by atoms with van der Waals surface area (Å²) < 4.78 is 2.10. The van der Waals surface area contributed by atoms with Gasteiger partial charge in [0, 0.05) is 28.9 Å². The van der Waals surface area contributed by atoms with Gasteiger partial charge in [-0.05, 0) is 43.2 Å². The van der Waals surface area contributed by atoms with E-state index in [0.29, 0.717) is 16.1 Å². The highest BCUT2D eigenvalue weighted by Crippen LogP contribution is 2.40. The van der Waals surface area contributed by atoms with E-state index >= 15 is 0 Å². The molecule has 0 saturated carbocycles. The predicted octanol–water partition coefficient (Wildman–Crippen LogP) is 6.51. The lowest BCUT2D eigenvalue weighted by Gasteiger charge is -2.37. The van der Waals surface area contributed by atoms with E-state index in [1.165, 1.54) is 11.3 Å². The largest absolute Gasteiger partial charge is 0.361 e. The summed E-state index contributed by atoms with van der Waals surface area (Å²) in [7, 11) is 0. The lowest BCUT2D eigenvalue weighted by molar-refractivity contribution is 0.458. The van der Waals surface area contributed by atoms with Gasteiger partial charge in [-0.1, -0.05) is 60.5 Å². The Morgan fingerprint density at radius 1 is 1.07 bits per heavy atom. The molecule has 2 aromatic heterocycles. The maximum absolute atomic E-state index is 6.53. The van der Waals surface area contributed by atoms with Gasteiger partial charge in [-0.3, -0.25) is 4.68 Å². The second kappa shape index (κ2) is 7.60. The molecule has 0 unspecified atom stereocenters. The Morgan fingerprint density at radius 2 is 1.87 bits per heavy atom. The van der Waals surface area contributed by atoms with Crippen molar-refractivity contribution in [2.24, 2.45) is 0 Å². The van der Waals surface area contributed by atoms with Crippen LogP contribution in [0.3, 0.4) is 0 Å². The van der Waals surface area contributed by atoms with Crippen LogP contribution in [0, 0.1) is 6.92 Å². The molecule has 0 radical (unpaired) electrons. The van der Waals surface area contributed by atoms with E-state index < -0.39 is 0 Å². The SMILES string of the molecule is CC[C@H]1Cn2nc(-c3ccc(Cl)cc3Cl)c3nc(C)cc(c32)N1Cc1ccccc1. The average Bonchev–Trinajstić information content (AvgIpc) is 3.09. The maximum Gasteiger partial charge on any atom is 0.120 e. The summed E-state index contributed by atoms with van der Waals surface area (Å²) in [5.74, 6) is 0. The Balaban J connectivity index is 1.71. The Morgan fingerprint density at radius 3 is 2.60 bits per heavy atom. The van der Waals surface area contributed by atoms with Gasteiger partial charge in [0.1, 0.15) is 16.7 Å². The molecule has 3 heterocycles. The molecule has 4 aromatic rings. The zero-order chi connectivity index (χ0) is 20.8. The van der Waals surface area contributed by atoms with Crippen molar-refractivity contribution in [3.8, 4) is 11.3 Å². The molecule has 0 amide bonds. The molecule has 4 nitrogen and oxygen atoms in total. The number of aromatic nitrogens is 3. The quantitative estimate of drug-likeness (QED) is 0.365. The van der Waals surface area contributed by atoms with Gasteiger partial charge in [-0.15, -0.1) is 0 Å². The second-order valence-electron chi connectivity index (χ2n) is 7.81. The van der Waals surface area contributed by atoms with Crippen LogP contribution < -0.4 is 4.90 Å². The van der Waals surface area contributed by atoms with Crippen LogP contribution in [0.25, 0.3) is 22.3 Å². The third-order valence-electron chi connectivity index (χ3n) is 5.79. The highest BCUT2D eigenvalue weighted by Gasteiger charge is 2.30. The Labute approximate surface area is 186 Å². The number of nitrogens with zero attached hydrogens (tertiary/aromatic N) is 4. The number of anilines is 1. The van der Waals surface area contributed by atoms with E-state index in [4.69, 9.17) is 33.3 Å². The van der Waals surface area contributed by atoms with Crippen LogP contribution in [0.5, 0.6) is 0 Å². The summed E-state index contributed by atoms with van der Waals surface area (Å²) in [6.45, 7) is 5.96. The fraction of sp³-hybridized carbons (Fsp3) is 0.250. The molecule has 0 N–H and O–H groups in total. The normalized spacial score (nSPS) is 15.7. The van der Waals surface area contributed by atoms with Crippen LogP contribution in [0.4, 0.5) is 5.69 Å². The van der Waals surface area contributed by atoms with Crippen LogP contribution in [0.15, 0.2) is 54.6 Å². The first-order valence-electron chi connectivity index (χ1n) is 10.2. The first kappa shape index (κ1) is 19.4. The van der Waals surface area contributed by atoms with Crippen molar-refractivity contribution in [1.29, 1.82) is 0 Å². The highest BCUT2D eigenvalue weighted by atomic mass is 35.5. The maximum atomic E-state index is 6.53. The minimum absolute atomic E-state index is 0.358. The summed E-state index contributed by atoms with van der Waals surface area (Å²) in [5.41, 5.74) is 7.09. The van der Waals surface area contributed by atoms with E-state index in [-0.39, 0.29) is 0 Å². The van der Waals surface area contributed by atoms with Crippen molar-refractivity contribution < 1.29 is 0 Å². The lowest BCUT2D eigenvalue weighted by Crippen LogP contribution is -2.41. The number of benzene rings is 2. The number of halogens is 2. The van der Waals surface area contributed by atoms with Crippen molar-refractivity contribution in [3.05, 3.63) is 75.9 Å². The van der Waals surface area contributed by atoms with Crippen molar-refractivity contribution in [2.75, 3.05) is 4.90 Å². The van der Waals surface area contributed by atoms with Crippen molar-refractivity contribution >= 4 is 39.9 Å². The van der Waals surface area contributed by atoms with Crippen molar-refractivity contribution in [2.45, 2.75) is 39.4 Å². The molecule has 0 saturated heterocycles. The third-order valence-corrected chi connectivity index (χ3v) is 6.34. The summed E-state index contributed by atoms with van der Waals surface area (Å²) >= 11 is 12.6. The standard InChI is InChI=1S/C24H22Cl2N4/c1-3-18-14-30-24-21(29(18)13-16-7-5-4-6-8-16)11-15(2)27-23(24)22(28-30)19-10-9-17(25)12-20(19)26/h4-12,18H,3,13-14H2,1-2H3/t18-/m0/s1. The summed E-state index contributed by atoms with van der Waals surface area (Å²) in [6.07, 6.45) is 1.03. The van der Waals surface area contributed by atoms with Crippen LogP contribution in [0.1, 0.15) is 24.6 Å². The summed E-state index contributed by atoms with van der Waals surface area (Å²) in [4.78, 5) is 7.37. The summed E-state index contributed by atoms with van der Waals surface area (Å²) in [6, 6.07) is 18.7. The van der Waals surface area contributed by atoms with Gasteiger partial charge in [0.2, 0.25) is 0 Å². The van der Waals surface area contributed by atoms with Gasteiger partial charge in [0.25, 0.3) is 0 Å². The predicted molar refractivity (Wildman–Crippen MR) is 124 cm³/mol. The zero-order valence-corrected chi connectivity index (χ0v) is 18.5. The molecule has 30 heavy (non-hydrogen) atoms. The first-order valence-corrected chi connectivity index (χ1v) is 10.9. The summed E-state index contributed by atoms with van der Waals surface area (Å²) in [5, 5.41) is 6.16. The van der Waals surface area contributed by atoms with E-state index in [9.17, 15) is 0 Å². The minimum Gasteiger partial charge on any atom is -0.361 e. The Kier molecular flexibility index (Phi) is 4.92. The number of hydrogen-bond donors (Lipinski definition) is 0. The first-order chi connectivity index (χ1) is 14.5. The molecule has 1 aliphatic heterocycles. The molecule has 0 aliphatic carbocycles. The Bertz CT molecular complexity index is 1230. The van der Waals surface area contributed by atoms with Crippen molar-refractivity contribution in [1.82, 2.24) is 14.8 Å². The molecule has 152 valence electrons. The molecule has 0 spiro atoms. The van der Waals surface area contributed by atoms with Gasteiger partial charge < -0.3 is 4.90 Å². The Hall–Kier alpha value is -2.56. The van der Waals surface area contributed by atoms with Crippen LogP contribution >= 0.6 is 23.2 Å². The second-order valence-corrected chi connectivity index (χ2v) is 8.65. The average molecular weight is 437 g/mol. The van der Waals surface area contributed by atoms with Gasteiger partial charge in [-0.2, -0.15) is 5.10 Å². The van der Waals surface area contributed by atoms with E-state index in [1.54, 1.807) is 6.07 Å². The number of pyridine rings is 1. The molecule has 2 aromatic carbocycles. The monoisotopic (exact) mass is 436 g/mol. The van der Waals surface area contributed by atoms with Crippen LogP contribution in [-0.2, 0) is 13.1 Å². The van der Waals surface area contributed by atoms with Gasteiger partial charge >= 0.3 is 0 Å². The lowest BCUT2D eigenvalue weighted by atomic mass is 10.0. The molecule has 5 rings (SSSR count). The van der Waals surface area contributed by atoms with Crippen molar-refractivity contribution in [3.63, 3.8) is 0 Å². The zero-order valence-electron chi connectivity index (χ0n) is 16.9. The van der Waals surface area contributed by atoms with Gasteiger partial charge in [0.15, 0.2) is 0 Å². The van der Waals surface area contributed by atoms with E-state index in [0.717, 1.165) is 47.5 Å². The fourth-order valence-electron chi connectivity index (χ4n) is 4.34. The molecule has 6 heteroatoms. The highest BCUT2D eigenvalue weighted by molar-refractivity contribution is 6.36. The molecular formula is C24H22Cl2N4. The topological polar surface area (TPSA) is 34.0 Å². The smallest absolute Gasteiger partial charge is 0.120 e. The van der Waals surface area contributed by atoms with E-state index in [1.807, 2.05) is 19.1 Å². The number of rotatable bonds is 4. The molecule has 1 atom stereocenters. The fourth-order valence-corrected chi connectivity index (χ4v) is 4.84. The molecule has 0 fully saturated rings. The molecular weight excluding hydrogens is 415 g/mol. The third kappa shape index (κ3) is 3.24.